The van der Waals surface area contributed by atoms with Crippen LogP contribution < -0.4 is 0 Å². The second-order valence-electron chi connectivity index (χ2n) is 9.62. The zero-order chi connectivity index (χ0) is 30.2. The molecule has 0 bridgehead atoms. The highest BCUT2D eigenvalue weighted by Gasteiger charge is 2.23. The Morgan fingerprint density at radius 1 is 0.707 bits per heavy atom. The number of likely N-dealkylation sites (tertiary alicyclic amines) is 1. The average molecular weight is 571 g/mol. The van der Waals surface area contributed by atoms with Gasteiger partial charge in [-0.1, -0.05) is 36.4 Å². The van der Waals surface area contributed by atoms with Crippen LogP contribution in [0.15, 0.2) is 72.8 Å². The molecule has 0 unspecified atom stereocenters. The van der Waals surface area contributed by atoms with E-state index in [0.29, 0.717) is 24.3 Å². The molecule has 11 heteroatoms. The van der Waals surface area contributed by atoms with Gasteiger partial charge in [0.2, 0.25) is 0 Å². The molecule has 4 N–H and O–H groups in total. The van der Waals surface area contributed by atoms with Crippen molar-refractivity contribution >= 4 is 23.9 Å². The Bertz CT molecular complexity index is 1160. The van der Waals surface area contributed by atoms with Crippen LogP contribution in [0.5, 0.6) is 0 Å². The predicted octanol–water partition coefficient (Wildman–Crippen LogP) is 3.52. The number of halogens is 1. The van der Waals surface area contributed by atoms with Crippen molar-refractivity contribution in [1.29, 1.82) is 0 Å². The molecule has 0 atom stereocenters. The number of hydrogen-bond donors (Lipinski definition) is 4. The summed E-state index contributed by atoms with van der Waals surface area (Å²) in [5.74, 6) is -4.36. The minimum Gasteiger partial charge on any atom is -0.478 e. The molecule has 0 saturated carbocycles. The lowest BCUT2D eigenvalue weighted by Crippen LogP contribution is -2.40. The number of hydrogen-bond acceptors (Lipinski definition) is 6. The molecule has 0 radical (unpaired) electrons. The van der Waals surface area contributed by atoms with E-state index in [1.165, 1.54) is 49.0 Å². The Labute approximate surface area is 237 Å². The van der Waals surface area contributed by atoms with E-state index in [4.69, 9.17) is 20.4 Å². The second-order valence-corrected chi connectivity index (χ2v) is 9.62. The molecule has 10 nitrogen and oxygen atoms in total. The molecule has 220 valence electrons. The highest BCUT2D eigenvalue weighted by Crippen LogP contribution is 2.24. The zero-order valence-electron chi connectivity index (χ0n) is 22.6. The normalized spacial score (nSPS) is 15.7. The van der Waals surface area contributed by atoms with Gasteiger partial charge in [0.15, 0.2) is 0 Å². The van der Waals surface area contributed by atoms with E-state index < -0.39 is 23.9 Å². The van der Waals surface area contributed by atoms with Crippen molar-refractivity contribution < 1.29 is 44.0 Å². The Morgan fingerprint density at radius 3 is 1.68 bits per heavy atom. The molecule has 0 aliphatic carbocycles. The minimum atomic E-state index is -1.26. The maximum atomic E-state index is 13.0. The van der Waals surface area contributed by atoms with Crippen molar-refractivity contribution in [2.45, 2.75) is 32.4 Å². The van der Waals surface area contributed by atoms with Gasteiger partial charge in [-0.2, -0.15) is 0 Å². The van der Waals surface area contributed by atoms with E-state index >= 15 is 0 Å². The van der Waals surface area contributed by atoms with Crippen molar-refractivity contribution in [2.24, 2.45) is 5.92 Å². The van der Waals surface area contributed by atoms with Gasteiger partial charge in [-0.25, -0.2) is 23.6 Å². The van der Waals surface area contributed by atoms with Gasteiger partial charge in [0.25, 0.3) is 0 Å². The lowest BCUT2D eigenvalue weighted by atomic mass is 9.93. The molecule has 2 aromatic carbocycles. The van der Waals surface area contributed by atoms with Crippen molar-refractivity contribution in [3.8, 4) is 0 Å². The summed E-state index contributed by atoms with van der Waals surface area (Å²) in [6.45, 7) is 6.82. The number of nitrogens with zero attached hydrogens (tertiary/aromatic N) is 2. The quantitative estimate of drug-likeness (QED) is 0.346. The van der Waals surface area contributed by atoms with Crippen molar-refractivity contribution in [2.75, 3.05) is 26.2 Å². The number of fused-ring (bicyclic) bond motifs is 1. The van der Waals surface area contributed by atoms with E-state index in [-0.39, 0.29) is 5.82 Å². The monoisotopic (exact) mass is 570 g/mol. The van der Waals surface area contributed by atoms with E-state index in [0.717, 1.165) is 32.1 Å². The van der Waals surface area contributed by atoms with E-state index in [1.54, 1.807) is 12.1 Å². The van der Waals surface area contributed by atoms with Crippen LogP contribution in [-0.4, -0.2) is 80.3 Å². The summed E-state index contributed by atoms with van der Waals surface area (Å²) in [6.07, 6.45) is 5.98. The molecule has 4 rings (SSSR count). The van der Waals surface area contributed by atoms with Crippen molar-refractivity contribution in [1.82, 2.24) is 9.80 Å². The molecule has 1 saturated heterocycles. The van der Waals surface area contributed by atoms with Crippen LogP contribution in [0.4, 0.5) is 4.39 Å². The van der Waals surface area contributed by atoms with Crippen LogP contribution in [0.25, 0.3) is 0 Å². The Hall–Kier alpha value is -4.35. The van der Waals surface area contributed by atoms with E-state index in [1.807, 2.05) is 12.1 Å². The van der Waals surface area contributed by atoms with Crippen molar-refractivity contribution in [3.63, 3.8) is 0 Å². The second kappa shape index (κ2) is 17.4. The molecule has 0 aromatic heterocycles. The number of aliphatic carboxylic acids is 4. The Morgan fingerprint density at radius 2 is 1.20 bits per heavy atom. The van der Waals surface area contributed by atoms with Gasteiger partial charge in [-0.15, -0.1) is 0 Å². The summed E-state index contributed by atoms with van der Waals surface area (Å²) in [4.78, 5) is 43.4. The summed E-state index contributed by atoms with van der Waals surface area (Å²) >= 11 is 0. The molecular formula is C30H35FN2O8. The molecule has 2 aliphatic heterocycles. The number of benzene rings is 2. The smallest absolute Gasteiger partial charge is 0.328 e. The summed E-state index contributed by atoms with van der Waals surface area (Å²) in [5, 5.41) is 31.2. The molecule has 2 aliphatic rings. The first-order chi connectivity index (χ1) is 19.5. The van der Waals surface area contributed by atoms with Gasteiger partial charge in [-0.05, 0) is 67.1 Å². The molecule has 2 aromatic rings. The Kier molecular flexibility index (Phi) is 13.9. The van der Waals surface area contributed by atoms with Gasteiger partial charge in [0, 0.05) is 50.5 Å². The fraction of sp³-hybridized carbons (Fsp3) is 0.333. The maximum Gasteiger partial charge on any atom is 0.328 e. The highest BCUT2D eigenvalue weighted by atomic mass is 19.1. The lowest BCUT2D eigenvalue weighted by molar-refractivity contribution is -0.134. The van der Waals surface area contributed by atoms with Crippen LogP contribution in [0.1, 0.15) is 29.5 Å². The standard InChI is InChI=1S/C22H27FN2.2C4H4O4/c23-22-7-5-18(6-8-22)15-24-12-9-19(10-13-24)16-25-14-11-20-3-1-2-4-21(20)17-25;2*5-3(6)1-2-4(7)8/h1-8,19H,9-17H2;2*1-2H,(H,5,6)(H,7,8)/b;2*2-1+. The number of rotatable bonds is 8. The van der Waals surface area contributed by atoms with E-state index in [2.05, 4.69) is 34.1 Å². The summed E-state index contributed by atoms with van der Waals surface area (Å²) < 4.78 is 13.0. The van der Waals surface area contributed by atoms with Gasteiger partial charge in [-0.3, -0.25) is 9.80 Å². The largest absolute Gasteiger partial charge is 0.478 e. The zero-order valence-corrected chi connectivity index (χ0v) is 22.6. The van der Waals surface area contributed by atoms with Crippen molar-refractivity contribution in [3.05, 3.63) is 95.3 Å². The van der Waals surface area contributed by atoms with Gasteiger partial charge >= 0.3 is 23.9 Å². The van der Waals surface area contributed by atoms with Crippen LogP contribution in [-0.2, 0) is 38.7 Å². The van der Waals surface area contributed by atoms with Crippen LogP contribution in [0.2, 0.25) is 0 Å². The molecule has 0 spiro atoms. The first-order valence-electron chi connectivity index (χ1n) is 13.1. The van der Waals surface area contributed by atoms with Crippen LogP contribution in [0.3, 0.4) is 0 Å². The minimum absolute atomic E-state index is 0.148. The summed E-state index contributed by atoms with van der Waals surface area (Å²) in [6, 6.07) is 15.8. The highest BCUT2D eigenvalue weighted by molar-refractivity contribution is 5.90. The maximum absolute atomic E-state index is 13.0. The first kappa shape index (κ1) is 32.9. The molecule has 2 heterocycles. The van der Waals surface area contributed by atoms with Gasteiger partial charge < -0.3 is 20.4 Å². The molecule has 41 heavy (non-hydrogen) atoms. The van der Waals surface area contributed by atoms with Crippen LogP contribution in [0, 0.1) is 11.7 Å². The van der Waals surface area contributed by atoms with Gasteiger partial charge in [0.05, 0.1) is 0 Å². The SMILES string of the molecule is Fc1ccc(CN2CCC(CN3CCc4ccccc4C3)CC2)cc1.O=C(O)/C=C/C(=O)O.O=C(O)/C=C/C(=O)O. The number of carboxylic acid groups (broad SMARTS) is 4. The van der Waals surface area contributed by atoms with Crippen LogP contribution >= 0.6 is 0 Å². The number of piperidine rings is 1. The predicted molar refractivity (Wildman–Crippen MR) is 149 cm³/mol. The Balaban J connectivity index is 0.000000304. The van der Waals surface area contributed by atoms with E-state index in [9.17, 15) is 23.6 Å². The lowest BCUT2D eigenvalue weighted by Gasteiger charge is -2.36. The molecule has 1 fully saturated rings. The third-order valence-electron chi connectivity index (χ3n) is 6.49. The first-order valence-corrected chi connectivity index (χ1v) is 13.1. The topological polar surface area (TPSA) is 156 Å². The average Bonchev–Trinajstić information content (AvgIpc) is 2.94. The third-order valence-corrected chi connectivity index (χ3v) is 6.49. The summed E-state index contributed by atoms with van der Waals surface area (Å²) in [7, 11) is 0. The van der Waals surface area contributed by atoms with Gasteiger partial charge in [0.1, 0.15) is 5.82 Å². The third kappa shape index (κ3) is 14.0. The molecular weight excluding hydrogens is 535 g/mol. The summed E-state index contributed by atoms with van der Waals surface area (Å²) in [5.41, 5.74) is 4.27. The fourth-order valence-electron chi connectivity index (χ4n) is 4.54. The fourth-order valence-corrected chi connectivity index (χ4v) is 4.54. The number of carboxylic acids is 4. The number of carbonyl (C=O) groups is 4. The molecule has 0 amide bonds.